The molecule has 1 aliphatic rings. The van der Waals surface area contributed by atoms with E-state index in [0.717, 1.165) is 25.3 Å². The van der Waals surface area contributed by atoms with Gasteiger partial charge in [0.05, 0.1) is 18.4 Å². The highest BCUT2D eigenvalue weighted by molar-refractivity contribution is 5.26. The zero-order valence-corrected chi connectivity index (χ0v) is 12.3. The van der Waals surface area contributed by atoms with Crippen LogP contribution in [-0.2, 0) is 4.74 Å². The number of ether oxygens (including phenoxy) is 1. The number of hydrogen-bond donors (Lipinski definition) is 1. The number of nitrogens with one attached hydrogen (secondary N) is 1. The third-order valence-corrected chi connectivity index (χ3v) is 4.05. The lowest BCUT2D eigenvalue weighted by molar-refractivity contribution is 0.0112. The fourth-order valence-corrected chi connectivity index (χ4v) is 2.91. The molecule has 112 valence electrons. The molecule has 0 radical (unpaired) electrons. The zero-order chi connectivity index (χ0) is 14.3. The molecule has 2 unspecified atom stereocenters. The van der Waals surface area contributed by atoms with Gasteiger partial charge in [-0.3, -0.25) is 0 Å². The predicted molar refractivity (Wildman–Crippen MR) is 83.2 cm³/mol. The van der Waals surface area contributed by atoms with E-state index in [0.29, 0.717) is 6.10 Å². The predicted octanol–water partition coefficient (Wildman–Crippen LogP) is 3.92. The summed E-state index contributed by atoms with van der Waals surface area (Å²) in [6.07, 6.45) is 6.91. The molecule has 3 nitrogen and oxygen atoms in total. The topological polar surface area (TPSA) is 34.4 Å². The van der Waals surface area contributed by atoms with Crippen molar-refractivity contribution in [3.63, 3.8) is 0 Å². The van der Waals surface area contributed by atoms with Crippen LogP contribution >= 0.6 is 0 Å². The molecule has 1 fully saturated rings. The molecule has 21 heavy (non-hydrogen) atoms. The molecule has 3 rings (SSSR count). The maximum Gasteiger partial charge on any atom is 0.125 e. The normalized spacial score (nSPS) is 20.3. The van der Waals surface area contributed by atoms with E-state index in [1.54, 1.807) is 6.26 Å². The Morgan fingerprint density at radius 2 is 2.00 bits per heavy atom. The van der Waals surface area contributed by atoms with Crippen molar-refractivity contribution in [2.75, 3.05) is 13.2 Å². The molecule has 2 aromatic rings. The Morgan fingerprint density at radius 1 is 1.10 bits per heavy atom. The van der Waals surface area contributed by atoms with Gasteiger partial charge in [0.1, 0.15) is 5.76 Å². The van der Waals surface area contributed by atoms with Crippen LogP contribution in [-0.4, -0.2) is 19.3 Å². The summed E-state index contributed by atoms with van der Waals surface area (Å²) in [5, 5.41) is 3.61. The van der Waals surface area contributed by atoms with Crippen molar-refractivity contribution < 1.29 is 9.15 Å². The molecule has 0 aliphatic carbocycles. The molecule has 1 aromatic carbocycles. The molecule has 3 heteroatoms. The van der Waals surface area contributed by atoms with Gasteiger partial charge in [-0.15, -0.1) is 0 Å². The Kier molecular flexibility index (Phi) is 5.08. The Balaban J connectivity index is 1.60. The number of rotatable bonds is 6. The van der Waals surface area contributed by atoms with Crippen molar-refractivity contribution in [2.45, 2.75) is 37.8 Å². The van der Waals surface area contributed by atoms with Gasteiger partial charge in [0, 0.05) is 6.61 Å². The van der Waals surface area contributed by atoms with Gasteiger partial charge in [0.2, 0.25) is 0 Å². The summed E-state index contributed by atoms with van der Waals surface area (Å²) in [4.78, 5) is 0. The number of hydrogen-bond acceptors (Lipinski definition) is 3. The van der Waals surface area contributed by atoms with Crippen molar-refractivity contribution in [3.8, 4) is 0 Å². The second-order valence-corrected chi connectivity index (χ2v) is 5.59. The highest BCUT2D eigenvalue weighted by Gasteiger charge is 2.18. The van der Waals surface area contributed by atoms with E-state index in [9.17, 15) is 0 Å². The summed E-state index contributed by atoms with van der Waals surface area (Å²) < 4.78 is 11.4. The summed E-state index contributed by atoms with van der Waals surface area (Å²) in [6, 6.07) is 14.5. The average Bonchev–Trinajstić information content (AvgIpc) is 3.07. The van der Waals surface area contributed by atoms with Gasteiger partial charge in [-0.1, -0.05) is 30.3 Å². The first kappa shape index (κ1) is 14.4. The maximum absolute atomic E-state index is 5.79. The third kappa shape index (κ3) is 3.96. The molecule has 2 atom stereocenters. The van der Waals surface area contributed by atoms with Crippen molar-refractivity contribution in [3.05, 3.63) is 60.1 Å². The molecule has 1 N–H and O–H groups in total. The molecular weight excluding hydrogens is 262 g/mol. The van der Waals surface area contributed by atoms with E-state index in [-0.39, 0.29) is 6.04 Å². The van der Waals surface area contributed by atoms with E-state index in [2.05, 4.69) is 29.6 Å². The summed E-state index contributed by atoms with van der Waals surface area (Å²) in [5.74, 6) is 0.964. The van der Waals surface area contributed by atoms with Crippen LogP contribution < -0.4 is 5.32 Å². The van der Waals surface area contributed by atoms with Crippen LogP contribution in [0.4, 0.5) is 0 Å². The highest BCUT2D eigenvalue weighted by atomic mass is 16.5. The van der Waals surface area contributed by atoms with Gasteiger partial charge in [0.15, 0.2) is 0 Å². The fourth-order valence-electron chi connectivity index (χ4n) is 2.91. The van der Waals surface area contributed by atoms with Gasteiger partial charge in [-0.25, -0.2) is 0 Å². The molecule has 1 aromatic heterocycles. The van der Waals surface area contributed by atoms with E-state index < -0.39 is 0 Å². The molecule has 2 heterocycles. The standard InChI is InChI=1S/C18H23NO2/c1-2-7-15(8-3-1)18(17-10-6-14-21-17)19-12-11-16-9-4-5-13-20-16/h1-3,6-8,10,14,16,18-19H,4-5,9,11-13H2. The summed E-state index contributed by atoms with van der Waals surface area (Å²) in [7, 11) is 0. The van der Waals surface area contributed by atoms with E-state index >= 15 is 0 Å². The van der Waals surface area contributed by atoms with Crippen molar-refractivity contribution in [1.82, 2.24) is 5.32 Å². The molecule has 1 aliphatic heterocycles. The fraction of sp³-hybridized carbons (Fsp3) is 0.444. The van der Waals surface area contributed by atoms with Crippen LogP contribution in [0, 0.1) is 0 Å². The second-order valence-electron chi connectivity index (χ2n) is 5.59. The maximum atomic E-state index is 5.79. The van der Waals surface area contributed by atoms with Crippen LogP contribution in [0.5, 0.6) is 0 Å². The minimum absolute atomic E-state index is 0.116. The quantitative estimate of drug-likeness (QED) is 0.873. The van der Waals surface area contributed by atoms with Gasteiger partial charge >= 0.3 is 0 Å². The Labute approximate surface area is 126 Å². The molecular formula is C18H23NO2. The summed E-state index contributed by atoms with van der Waals surface area (Å²) in [6.45, 7) is 1.86. The van der Waals surface area contributed by atoms with E-state index in [4.69, 9.17) is 9.15 Å². The average molecular weight is 285 g/mol. The Hall–Kier alpha value is -1.58. The monoisotopic (exact) mass is 285 g/mol. The minimum atomic E-state index is 0.116. The smallest absolute Gasteiger partial charge is 0.125 e. The van der Waals surface area contributed by atoms with Crippen LogP contribution in [0.1, 0.15) is 43.0 Å². The number of benzene rings is 1. The summed E-state index contributed by atoms with van der Waals surface area (Å²) in [5.41, 5.74) is 1.23. The molecule has 0 saturated carbocycles. The van der Waals surface area contributed by atoms with Crippen LogP contribution in [0.2, 0.25) is 0 Å². The van der Waals surface area contributed by atoms with Crippen molar-refractivity contribution >= 4 is 0 Å². The highest BCUT2D eigenvalue weighted by Crippen LogP contribution is 2.23. The second kappa shape index (κ2) is 7.43. The number of furan rings is 1. The van der Waals surface area contributed by atoms with Gasteiger partial charge in [-0.2, -0.15) is 0 Å². The molecule has 1 saturated heterocycles. The first-order chi connectivity index (χ1) is 10.4. The van der Waals surface area contributed by atoms with E-state index in [1.165, 1.54) is 24.8 Å². The lowest BCUT2D eigenvalue weighted by atomic mass is 10.0. The molecule has 0 spiro atoms. The van der Waals surface area contributed by atoms with Crippen molar-refractivity contribution in [1.29, 1.82) is 0 Å². The Bertz CT molecular complexity index is 503. The SMILES string of the molecule is c1ccc(C(NCCC2CCCCO2)c2ccco2)cc1. The van der Waals surface area contributed by atoms with E-state index in [1.807, 2.05) is 18.2 Å². The van der Waals surface area contributed by atoms with Crippen LogP contribution in [0.3, 0.4) is 0 Å². The van der Waals surface area contributed by atoms with Crippen LogP contribution in [0.15, 0.2) is 53.1 Å². The molecule has 0 bridgehead atoms. The molecule has 0 amide bonds. The third-order valence-electron chi connectivity index (χ3n) is 4.05. The van der Waals surface area contributed by atoms with Gasteiger partial charge in [0.25, 0.3) is 0 Å². The van der Waals surface area contributed by atoms with Crippen molar-refractivity contribution in [2.24, 2.45) is 0 Å². The zero-order valence-electron chi connectivity index (χ0n) is 12.3. The van der Waals surface area contributed by atoms with Crippen LogP contribution in [0.25, 0.3) is 0 Å². The van der Waals surface area contributed by atoms with Gasteiger partial charge < -0.3 is 14.5 Å². The Morgan fingerprint density at radius 3 is 2.71 bits per heavy atom. The largest absolute Gasteiger partial charge is 0.467 e. The first-order valence-electron chi connectivity index (χ1n) is 7.87. The lowest BCUT2D eigenvalue weighted by Gasteiger charge is -2.24. The first-order valence-corrected chi connectivity index (χ1v) is 7.87. The summed E-state index contributed by atoms with van der Waals surface area (Å²) >= 11 is 0. The van der Waals surface area contributed by atoms with Gasteiger partial charge in [-0.05, 0) is 49.9 Å². The minimum Gasteiger partial charge on any atom is -0.467 e. The lowest BCUT2D eigenvalue weighted by Crippen LogP contribution is -2.28.